The first-order chi connectivity index (χ1) is 7.27. The normalized spacial score (nSPS) is 14.9. The van der Waals surface area contributed by atoms with E-state index < -0.39 is 8.07 Å². The zero-order valence-corrected chi connectivity index (χ0v) is 13.1. The second kappa shape index (κ2) is 6.58. The van der Waals surface area contributed by atoms with Gasteiger partial charge < -0.3 is 4.79 Å². The van der Waals surface area contributed by atoms with Gasteiger partial charge in [0.05, 0.1) is 8.07 Å². The molecular weight excluding hydrogens is 212 g/mol. The Labute approximate surface area is 103 Å². The molecule has 0 aromatic heterocycles. The molecule has 0 aliphatic heterocycles. The van der Waals surface area contributed by atoms with E-state index in [4.69, 9.17) is 0 Å². The van der Waals surface area contributed by atoms with Gasteiger partial charge in [0, 0.05) is 5.54 Å². The molecule has 1 nitrogen and oxygen atoms in total. The van der Waals surface area contributed by atoms with Crippen molar-refractivity contribution in [1.82, 2.24) is 0 Å². The fraction of sp³-hybridized carbons (Fsp3) is 0.929. The fourth-order valence-electron chi connectivity index (χ4n) is 1.95. The molecule has 0 aromatic rings. The number of hydrogen-bond acceptors (Lipinski definition) is 1. The zero-order chi connectivity index (χ0) is 12.8. The topological polar surface area (TPSA) is 17.1 Å². The molecule has 0 saturated carbocycles. The van der Waals surface area contributed by atoms with Crippen LogP contribution in [-0.2, 0) is 4.79 Å². The second-order valence-electron chi connectivity index (χ2n) is 6.56. The monoisotopic (exact) mass is 242 g/mol. The lowest BCUT2D eigenvalue weighted by atomic mass is 10.1. The Morgan fingerprint density at radius 2 is 1.69 bits per heavy atom. The molecule has 0 aliphatic carbocycles. The maximum absolute atomic E-state index is 11.3. The summed E-state index contributed by atoms with van der Waals surface area (Å²) in [6, 6.07) is 0. The number of hydrogen-bond donors (Lipinski definition) is 0. The van der Waals surface area contributed by atoms with Crippen molar-refractivity contribution in [2.45, 2.75) is 83.5 Å². The molecule has 0 saturated heterocycles. The van der Waals surface area contributed by atoms with Crippen molar-refractivity contribution in [3.63, 3.8) is 0 Å². The number of unbranched alkanes of at least 4 members (excludes halogenated alkanes) is 3. The summed E-state index contributed by atoms with van der Waals surface area (Å²) in [4.78, 5) is 11.3. The minimum absolute atomic E-state index is 0.323. The molecule has 96 valence electrons. The van der Waals surface area contributed by atoms with Crippen LogP contribution in [0.2, 0.25) is 23.7 Å². The van der Waals surface area contributed by atoms with Crippen LogP contribution in [0.4, 0.5) is 0 Å². The van der Waals surface area contributed by atoms with Crippen molar-refractivity contribution in [2.75, 3.05) is 0 Å². The summed E-state index contributed by atoms with van der Waals surface area (Å²) in [6.07, 6.45) is 7.44. The predicted octanol–water partition coefficient (Wildman–Crippen LogP) is 5.03. The third kappa shape index (κ3) is 4.40. The number of rotatable bonds is 7. The van der Waals surface area contributed by atoms with Crippen LogP contribution < -0.4 is 0 Å². The van der Waals surface area contributed by atoms with Crippen molar-refractivity contribution >= 4 is 14.4 Å². The summed E-state index contributed by atoms with van der Waals surface area (Å²) in [6.45, 7) is 13.8. The average Bonchev–Trinajstić information content (AvgIpc) is 2.16. The van der Waals surface area contributed by atoms with Crippen LogP contribution in [0.1, 0.15) is 59.8 Å². The molecule has 0 aromatic carbocycles. The molecule has 1 atom stereocenters. The molecule has 0 radical (unpaired) electrons. The van der Waals surface area contributed by atoms with Gasteiger partial charge in [-0.3, -0.25) is 0 Å². The van der Waals surface area contributed by atoms with Gasteiger partial charge in [0.15, 0.2) is 0 Å². The average molecular weight is 242 g/mol. The lowest BCUT2D eigenvalue weighted by Gasteiger charge is -2.41. The Hall–Kier alpha value is -0.113. The van der Waals surface area contributed by atoms with Crippen LogP contribution in [0.25, 0.3) is 0 Å². The Kier molecular flexibility index (Phi) is 6.53. The number of carbonyl (C=O) groups excluding carboxylic acids is 1. The van der Waals surface area contributed by atoms with Gasteiger partial charge >= 0.3 is 0 Å². The largest absolute Gasteiger partial charge is 0.303 e. The van der Waals surface area contributed by atoms with E-state index in [1.165, 1.54) is 32.0 Å². The first kappa shape index (κ1) is 15.9. The molecule has 16 heavy (non-hydrogen) atoms. The lowest BCUT2D eigenvalue weighted by molar-refractivity contribution is -0.108. The molecular formula is C14H30OSi. The van der Waals surface area contributed by atoms with Gasteiger partial charge in [-0.05, 0) is 11.5 Å². The molecule has 0 fully saturated rings. The minimum atomic E-state index is -1.46. The molecule has 0 bridgehead atoms. The highest BCUT2D eigenvalue weighted by molar-refractivity contribution is 6.83. The number of carbonyl (C=O) groups is 1. The predicted molar refractivity (Wildman–Crippen MR) is 75.8 cm³/mol. The Balaban J connectivity index is 4.32. The first-order valence-electron chi connectivity index (χ1n) is 6.72. The Morgan fingerprint density at radius 3 is 2.06 bits per heavy atom. The molecule has 0 N–H and O–H groups in total. The highest BCUT2D eigenvalue weighted by Crippen LogP contribution is 2.44. The highest BCUT2D eigenvalue weighted by Gasteiger charge is 2.41. The quantitative estimate of drug-likeness (QED) is 0.347. The molecule has 0 amide bonds. The van der Waals surface area contributed by atoms with Crippen molar-refractivity contribution in [1.29, 1.82) is 0 Å². The van der Waals surface area contributed by atoms with Crippen LogP contribution in [-0.4, -0.2) is 14.4 Å². The maximum atomic E-state index is 11.3. The van der Waals surface area contributed by atoms with Gasteiger partial charge in [-0.2, -0.15) is 0 Å². The third-order valence-corrected chi connectivity index (χ3v) is 10.5. The van der Waals surface area contributed by atoms with Gasteiger partial charge in [-0.1, -0.05) is 66.5 Å². The standard InChI is InChI=1S/C14H30OSi/c1-7-8-9-10-11-13(12-15)16(5,6)14(2,3)4/h12-13H,7-11H2,1-6H3/t13-/m0/s1. The first-order valence-corrected chi connectivity index (χ1v) is 9.80. The van der Waals surface area contributed by atoms with E-state index in [2.05, 4.69) is 40.8 Å². The van der Waals surface area contributed by atoms with E-state index in [0.29, 0.717) is 10.6 Å². The molecule has 0 heterocycles. The maximum Gasteiger partial charge on any atom is 0.120 e. The molecule has 2 heteroatoms. The van der Waals surface area contributed by atoms with Gasteiger partial charge in [-0.25, -0.2) is 0 Å². The Bertz CT molecular complexity index is 203. The van der Waals surface area contributed by atoms with E-state index in [9.17, 15) is 4.79 Å². The molecule has 0 spiro atoms. The van der Waals surface area contributed by atoms with Crippen LogP contribution >= 0.6 is 0 Å². The van der Waals surface area contributed by atoms with Crippen molar-refractivity contribution in [3.05, 3.63) is 0 Å². The number of aldehydes is 1. The van der Waals surface area contributed by atoms with Crippen LogP contribution in [0, 0.1) is 0 Å². The Morgan fingerprint density at radius 1 is 1.12 bits per heavy atom. The minimum Gasteiger partial charge on any atom is -0.303 e. The molecule has 0 aliphatic rings. The van der Waals surface area contributed by atoms with E-state index in [1.807, 2.05) is 0 Å². The van der Waals surface area contributed by atoms with E-state index in [-0.39, 0.29) is 0 Å². The van der Waals surface area contributed by atoms with Crippen LogP contribution in [0.15, 0.2) is 0 Å². The fourth-order valence-corrected chi connectivity index (χ4v) is 4.32. The van der Waals surface area contributed by atoms with Crippen molar-refractivity contribution < 1.29 is 4.79 Å². The van der Waals surface area contributed by atoms with Crippen molar-refractivity contribution in [2.24, 2.45) is 0 Å². The summed E-state index contributed by atoms with van der Waals surface area (Å²) in [5, 5.41) is 0.323. The summed E-state index contributed by atoms with van der Waals surface area (Å²) in [5.74, 6) is 0. The smallest absolute Gasteiger partial charge is 0.120 e. The van der Waals surface area contributed by atoms with Gasteiger partial charge in [0.2, 0.25) is 0 Å². The van der Waals surface area contributed by atoms with Gasteiger partial charge in [0.1, 0.15) is 6.29 Å². The molecule has 0 rings (SSSR count). The van der Waals surface area contributed by atoms with E-state index in [0.717, 1.165) is 6.42 Å². The molecule has 0 unspecified atom stereocenters. The van der Waals surface area contributed by atoms with Crippen LogP contribution in [0.5, 0.6) is 0 Å². The summed E-state index contributed by atoms with van der Waals surface area (Å²) < 4.78 is 0. The van der Waals surface area contributed by atoms with E-state index in [1.54, 1.807) is 0 Å². The third-order valence-electron chi connectivity index (χ3n) is 4.39. The lowest BCUT2D eigenvalue weighted by Crippen LogP contribution is -2.42. The second-order valence-corrected chi connectivity index (χ2v) is 12.2. The summed E-state index contributed by atoms with van der Waals surface area (Å²) in [5.41, 5.74) is 0.337. The van der Waals surface area contributed by atoms with Crippen molar-refractivity contribution in [3.8, 4) is 0 Å². The SMILES string of the molecule is CCCCCC[C@@H](C=O)[Si](C)(C)C(C)(C)C. The highest BCUT2D eigenvalue weighted by atomic mass is 28.3. The van der Waals surface area contributed by atoms with Gasteiger partial charge in [-0.15, -0.1) is 0 Å². The van der Waals surface area contributed by atoms with E-state index >= 15 is 0 Å². The summed E-state index contributed by atoms with van der Waals surface area (Å²) >= 11 is 0. The summed E-state index contributed by atoms with van der Waals surface area (Å²) in [7, 11) is -1.46. The zero-order valence-electron chi connectivity index (χ0n) is 12.1. The van der Waals surface area contributed by atoms with Crippen LogP contribution in [0.3, 0.4) is 0 Å². The van der Waals surface area contributed by atoms with Gasteiger partial charge in [0.25, 0.3) is 0 Å².